The van der Waals surface area contributed by atoms with Crippen LogP contribution in [-0.4, -0.2) is 204 Å². The van der Waals surface area contributed by atoms with E-state index in [1.807, 2.05) is 13.8 Å². The Hall–Kier alpha value is -5.99. The quantitative estimate of drug-likeness (QED) is 0.201. The van der Waals surface area contributed by atoms with E-state index in [0.717, 1.165) is 0 Å². The Morgan fingerprint density at radius 1 is 0.620 bits per heavy atom. The van der Waals surface area contributed by atoms with Gasteiger partial charge in [-0.05, 0) is 79.9 Å². The fourth-order valence-corrected chi connectivity index (χ4v) is 10.9. The van der Waals surface area contributed by atoms with E-state index < -0.39 is 150 Å². The second-order valence-corrected chi connectivity index (χ2v) is 22.9. The second-order valence-electron chi connectivity index (χ2n) is 22.5. The summed E-state index contributed by atoms with van der Waals surface area (Å²) in [6.45, 7) is 18.6. The molecule has 0 bridgehead atoms. The molecule has 2 fully saturated rings. The van der Waals surface area contributed by atoms with Gasteiger partial charge in [0, 0.05) is 54.1 Å². The Bertz CT molecular complexity index is 2300. The van der Waals surface area contributed by atoms with Gasteiger partial charge in [0.2, 0.25) is 47.3 Å². The van der Waals surface area contributed by atoms with Crippen LogP contribution in [0.3, 0.4) is 0 Å². The minimum Gasteiger partial charge on any atom is -0.497 e. The van der Waals surface area contributed by atoms with Gasteiger partial charge in [0.25, 0.3) is 5.91 Å². The molecule has 2 aliphatic rings. The first-order valence-corrected chi connectivity index (χ1v) is 28.5. The molecule has 3 rings (SSSR count). The molecule has 22 heteroatoms. The summed E-state index contributed by atoms with van der Waals surface area (Å²) >= 11 is 6.34. The van der Waals surface area contributed by atoms with Gasteiger partial charge in [-0.2, -0.15) is 0 Å². The molecule has 0 aliphatic carbocycles. The van der Waals surface area contributed by atoms with Gasteiger partial charge in [-0.15, -0.1) is 11.6 Å². The summed E-state index contributed by atoms with van der Waals surface area (Å²) < 4.78 is 11.2. The number of cyclic esters (lactones) is 1. The van der Waals surface area contributed by atoms with Crippen LogP contribution in [0.15, 0.2) is 24.3 Å². The van der Waals surface area contributed by atoms with E-state index in [1.165, 1.54) is 78.7 Å². The Balaban J connectivity index is 2.26. The van der Waals surface area contributed by atoms with Crippen molar-refractivity contribution in [1.29, 1.82) is 0 Å². The van der Waals surface area contributed by atoms with Crippen LogP contribution in [0.5, 0.6) is 5.75 Å². The predicted molar refractivity (Wildman–Crippen MR) is 300 cm³/mol. The first-order chi connectivity index (χ1) is 37.0. The van der Waals surface area contributed by atoms with Crippen molar-refractivity contribution in [2.45, 2.75) is 176 Å². The van der Waals surface area contributed by atoms with Crippen LogP contribution in [-0.2, 0) is 59.1 Å². The Morgan fingerprint density at radius 2 is 1.15 bits per heavy atom. The highest BCUT2D eigenvalue weighted by Gasteiger charge is 2.45. The van der Waals surface area contributed by atoms with Crippen molar-refractivity contribution in [2.24, 2.45) is 29.6 Å². The van der Waals surface area contributed by atoms with Gasteiger partial charge < -0.3 is 54.8 Å². The van der Waals surface area contributed by atoms with E-state index in [4.69, 9.17) is 21.1 Å². The minimum atomic E-state index is -1.45. The number of amides is 9. The third kappa shape index (κ3) is 16.8. The summed E-state index contributed by atoms with van der Waals surface area (Å²) in [5, 5.41) is 8.35. The molecule has 0 unspecified atom stereocenters. The number of likely N-dealkylation sites (N-methyl/N-ethyl adjacent to an activating group) is 5. The van der Waals surface area contributed by atoms with Crippen molar-refractivity contribution in [3.63, 3.8) is 0 Å². The molecule has 0 aromatic heterocycles. The van der Waals surface area contributed by atoms with Crippen molar-refractivity contribution in [3.05, 3.63) is 29.8 Å². The third-order valence-corrected chi connectivity index (χ3v) is 16.0. The highest BCUT2D eigenvalue weighted by Crippen LogP contribution is 2.26. The fraction of sp³-hybridized carbons (Fsp3) is 0.719. The molecule has 3 N–H and O–H groups in total. The number of esters is 1. The number of fused-ring (bicyclic) bond motifs is 1. The van der Waals surface area contributed by atoms with Crippen LogP contribution in [0.1, 0.15) is 120 Å². The molecule has 444 valence electrons. The van der Waals surface area contributed by atoms with Crippen molar-refractivity contribution < 1.29 is 57.4 Å². The van der Waals surface area contributed by atoms with Crippen molar-refractivity contribution >= 4 is 70.7 Å². The Kier molecular flexibility index (Phi) is 26.0. The second kappa shape index (κ2) is 30.6. The van der Waals surface area contributed by atoms with Gasteiger partial charge in [-0.1, -0.05) is 94.2 Å². The molecule has 9 amide bonds. The average molecular weight is 1130 g/mol. The van der Waals surface area contributed by atoms with Crippen LogP contribution < -0.4 is 20.7 Å². The van der Waals surface area contributed by atoms with Crippen LogP contribution in [0, 0.1) is 29.6 Å². The normalized spacial score (nSPS) is 27.0. The smallest absolute Gasteiger partial charge is 0.329 e. The third-order valence-electron chi connectivity index (χ3n) is 15.8. The number of methoxy groups -OCH3 is 1. The van der Waals surface area contributed by atoms with Crippen molar-refractivity contribution in [2.75, 3.05) is 61.3 Å². The maximum Gasteiger partial charge on any atom is 0.329 e. The number of hydrogen-bond acceptors (Lipinski definition) is 12. The van der Waals surface area contributed by atoms with Crippen LogP contribution in [0.2, 0.25) is 0 Å². The lowest BCUT2D eigenvalue weighted by Gasteiger charge is -2.41. The number of carbonyl (C=O) groups is 10. The largest absolute Gasteiger partial charge is 0.497 e. The highest BCUT2D eigenvalue weighted by atomic mass is 35.5. The molecule has 2 aliphatic heterocycles. The lowest BCUT2D eigenvalue weighted by Crippen LogP contribution is -2.63. The predicted octanol–water partition coefficient (Wildman–Crippen LogP) is 3.47. The maximum absolute atomic E-state index is 14.9. The first kappa shape index (κ1) is 67.3. The molecular formula is C57H92ClN9O12. The van der Waals surface area contributed by atoms with Gasteiger partial charge in [-0.3, -0.25) is 43.2 Å². The number of rotatable bonds is 12. The average Bonchev–Trinajstić information content (AvgIpc) is 3.41. The molecule has 2 heterocycles. The number of hydrogen-bond donors (Lipinski definition) is 3. The van der Waals surface area contributed by atoms with Gasteiger partial charge in [0.05, 0.1) is 13.7 Å². The molecule has 0 saturated carbocycles. The topological polar surface area (TPSA) is 245 Å². The summed E-state index contributed by atoms with van der Waals surface area (Å²) in [5.41, 5.74) is 0.598. The van der Waals surface area contributed by atoms with E-state index in [0.29, 0.717) is 37.0 Å². The molecule has 21 nitrogen and oxygen atoms in total. The number of nitrogens with one attached hydrogen (secondary N) is 3. The van der Waals surface area contributed by atoms with Gasteiger partial charge in [0.1, 0.15) is 54.1 Å². The number of carbonyl (C=O) groups excluding carboxylic acids is 10. The van der Waals surface area contributed by atoms with E-state index in [-0.39, 0.29) is 31.7 Å². The van der Waals surface area contributed by atoms with Crippen LogP contribution >= 0.6 is 11.6 Å². The minimum absolute atomic E-state index is 0.0206. The zero-order valence-corrected chi connectivity index (χ0v) is 50.7. The van der Waals surface area contributed by atoms with Crippen LogP contribution in [0.4, 0.5) is 0 Å². The number of benzene rings is 1. The van der Waals surface area contributed by atoms with Crippen LogP contribution in [0.25, 0.3) is 0 Å². The summed E-state index contributed by atoms with van der Waals surface area (Å²) in [4.78, 5) is 153. The molecule has 1 aromatic carbocycles. The Labute approximate surface area is 473 Å². The van der Waals surface area contributed by atoms with E-state index in [9.17, 15) is 47.9 Å². The molecular weight excluding hydrogens is 1040 g/mol. The van der Waals surface area contributed by atoms with Gasteiger partial charge in [0.15, 0.2) is 6.10 Å². The summed E-state index contributed by atoms with van der Waals surface area (Å²) in [5.74, 6) is -8.62. The number of piperidine rings is 1. The van der Waals surface area contributed by atoms with E-state index >= 15 is 0 Å². The van der Waals surface area contributed by atoms with Crippen molar-refractivity contribution in [1.82, 2.24) is 45.3 Å². The first-order valence-electron chi connectivity index (χ1n) is 27.9. The number of ether oxygens (including phenoxy) is 2. The number of nitrogens with zero attached hydrogens (tertiary/aromatic N) is 6. The zero-order chi connectivity index (χ0) is 59.9. The summed E-state index contributed by atoms with van der Waals surface area (Å²) in [7, 11) is 8.74. The summed E-state index contributed by atoms with van der Waals surface area (Å²) in [6, 6.07) is -2.65. The zero-order valence-electron chi connectivity index (χ0n) is 49.9. The lowest BCUT2D eigenvalue weighted by molar-refractivity contribution is -0.165. The maximum atomic E-state index is 14.9. The monoisotopic (exact) mass is 1130 g/mol. The van der Waals surface area contributed by atoms with Crippen molar-refractivity contribution in [3.8, 4) is 5.75 Å². The number of alkyl halides is 1. The molecule has 2 saturated heterocycles. The lowest BCUT2D eigenvalue weighted by atomic mass is 9.92. The molecule has 0 radical (unpaired) electrons. The van der Waals surface area contributed by atoms with E-state index in [1.54, 1.807) is 79.7 Å². The molecule has 79 heavy (non-hydrogen) atoms. The SMILES string of the molecule is CC[C@H](C)[C@H]1C(=O)NCC(=O)N(C)[C@@H](C(C)C)C(=O)N[C@@H](Cc2ccc(OC)cc2)C(=O)O[C@H](C)C(=O)N2CCCC[C@H]2C(=O)N(C)[C@@H](C(C)C)C(=O)N[C@@H](C(C)C)C(=O)N(C)[C@@H](CCCl)C(=O)N(C)[C@@H]([C@@H](C)CC)C(=O)N1C. The molecule has 0 spiro atoms. The fourth-order valence-electron chi connectivity index (χ4n) is 10.7. The molecule has 1 aromatic rings. The van der Waals surface area contributed by atoms with Gasteiger partial charge in [-0.25, -0.2) is 4.79 Å². The van der Waals surface area contributed by atoms with E-state index in [2.05, 4.69) is 16.0 Å². The van der Waals surface area contributed by atoms with Gasteiger partial charge >= 0.3 is 5.97 Å². The summed E-state index contributed by atoms with van der Waals surface area (Å²) in [6.07, 6.45) is 0.672. The standard InChI is InChI=1S/C57H92ClN9O12/c1-18-35(9)47-49(69)59-31-43(68)63(13)45(33(5)6)50(70)60-40(30-38-23-25-39(78-17)26-24-38)57(77)79-37(11)52(72)67-29-21-20-22-42(67)54(74)64(14)46(34(7)8)51(71)61-44(32(3)4)55(75)62(12)41(27-28-58)53(73)66(16)48(36(10)19-2)56(76)65(47)15/h23-26,32-37,40-42,44-48H,18-22,27-31H2,1-17H3,(H,59,69)(H,60,70)(H,61,71)/t35-,36-,37+,40-,41-,42-,44-,45-,46-,47-,48-/m0/s1. The number of halogens is 1. The Morgan fingerprint density at radius 3 is 1.68 bits per heavy atom. The highest BCUT2D eigenvalue weighted by molar-refractivity contribution is 6.18. The molecule has 11 atom stereocenters.